The van der Waals surface area contributed by atoms with Gasteiger partial charge < -0.3 is 28.4 Å². The zero-order chi connectivity index (χ0) is 87.3. The van der Waals surface area contributed by atoms with Crippen molar-refractivity contribution < 1.29 is 8.83 Å². The molecule has 0 atom stereocenters. The minimum absolute atomic E-state index is 0.442. The molecule has 21 rings (SSSR count). The molecule has 0 amide bonds. The van der Waals surface area contributed by atoms with Gasteiger partial charge in [-0.15, -0.1) is 20.4 Å². The third kappa shape index (κ3) is 16.6. The van der Waals surface area contributed by atoms with E-state index in [2.05, 4.69) is 524 Å². The molecule has 10 heteroatoms. The lowest BCUT2D eigenvalue weighted by Gasteiger charge is -2.34. The summed E-state index contributed by atoms with van der Waals surface area (Å²) in [5.41, 5.74) is 37.4. The Kier molecular flexibility index (Phi) is 22.3. The van der Waals surface area contributed by atoms with Crippen LogP contribution in [0.1, 0.15) is 56.0 Å². The SMILES string of the molecule is Cc1ccc(-c2ccc(N(c3ccc(-c4ccc(N(c5ccccc5)c5cccc(C)c5)cc4)cc3)c3cccc(C)c3)cc2)cc1.Cc1cccc(N(c2ccccc2)c2ccc(-c3ccc(N(c4ccc(-c5ccc(-c6nnc(-c7ccc8c(c7)C(c7ccccc7)(c7ccccc7)c7cc(-c9nnc(C)o9)ccc7-8)o6)cc5)cc4)c4cccc(C)c4)cc3)cc2)c1. The lowest BCUT2D eigenvalue weighted by atomic mass is 9.67. The van der Waals surface area contributed by atoms with Crippen LogP contribution in [0.4, 0.5) is 68.2 Å². The summed E-state index contributed by atoms with van der Waals surface area (Å²) in [6.07, 6.45) is 0. The van der Waals surface area contributed by atoms with Gasteiger partial charge in [-0.2, -0.15) is 0 Å². The van der Waals surface area contributed by atoms with Crippen LogP contribution in [0.5, 0.6) is 0 Å². The molecule has 0 radical (unpaired) electrons. The molecule has 0 saturated carbocycles. The van der Waals surface area contributed by atoms with Crippen molar-refractivity contribution in [3.05, 3.63) is 505 Å². The zero-order valence-electron chi connectivity index (χ0n) is 72.6. The van der Waals surface area contributed by atoms with E-state index in [0.717, 1.165) is 141 Å². The molecule has 0 N–H and O–H groups in total. The van der Waals surface area contributed by atoms with E-state index in [-0.39, 0.29) is 0 Å². The number of hydrogen-bond donors (Lipinski definition) is 0. The van der Waals surface area contributed by atoms with E-state index in [1.165, 1.54) is 50.1 Å². The number of nitrogens with zero attached hydrogens (tertiary/aromatic N) is 8. The van der Waals surface area contributed by atoms with Crippen LogP contribution in [0.25, 0.3) is 90.0 Å². The van der Waals surface area contributed by atoms with Gasteiger partial charge in [-0.1, -0.05) is 272 Å². The van der Waals surface area contributed by atoms with E-state index in [9.17, 15) is 0 Å². The van der Waals surface area contributed by atoms with Crippen LogP contribution < -0.4 is 19.6 Å². The van der Waals surface area contributed by atoms with Crippen molar-refractivity contribution in [1.82, 2.24) is 20.4 Å². The molecule has 1 aliphatic rings. The molecule has 18 aromatic carbocycles. The van der Waals surface area contributed by atoms with Crippen molar-refractivity contribution in [2.45, 2.75) is 47.0 Å². The standard InChI is InChI=1S/C74H54N6O2.C45H38N2/c1-49-15-13-23-65(45-49)79(61-21-11-6-12-22-61)62-37-31-54(32-38-62)55-33-41-64(42-34-55)80(66-24-14-16-50(2)46-66)63-39-29-53(30-40-63)52-25-27-56(28-26-52)71-77-78-73(82-71)58-36-44-68-67-43-35-57(72-76-75-51(3)81-72)47-69(67)74(70(68)48-58,59-17-7-4-8-18-59)60-19-9-5-10-20-60;1-33-15-17-36(18-16-33)37-19-27-42(28-20-37)47(45-14-8-10-35(3)32-45)43-29-23-39(24-30-43)38-21-25-41(26-22-38)46(40-11-5-4-6-12-40)44-13-7-9-34(2)31-44/h4-48H,1-3H3;4-32H,1-3H3. The van der Waals surface area contributed by atoms with Crippen molar-refractivity contribution in [3.8, 4) is 90.0 Å². The van der Waals surface area contributed by atoms with Crippen LogP contribution in [0.15, 0.2) is 458 Å². The van der Waals surface area contributed by atoms with Gasteiger partial charge in [0.05, 0.1) is 5.41 Å². The predicted molar refractivity (Wildman–Crippen MR) is 531 cm³/mol. The van der Waals surface area contributed by atoms with E-state index in [4.69, 9.17) is 8.83 Å². The number of fused-ring (bicyclic) bond motifs is 3. The summed E-state index contributed by atoms with van der Waals surface area (Å²) in [5.74, 6) is 1.89. The van der Waals surface area contributed by atoms with Gasteiger partial charge in [-0.3, -0.25) is 0 Å². The third-order valence-corrected chi connectivity index (χ3v) is 24.3. The molecule has 0 fully saturated rings. The minimum atomic E-state index is -0.681. The summed E-state index contributed by atoms with van der Waals surface area (Å²) >= 11 is 0. The maximum atomic E-state index is 6.55. The highest BCUT2D eigenvalue weighted by Gasteiger charge is 2.47. The van der Waals surface area contributed by atoms with Crippen LogP contribution >= 0.6 is 0 Å². The average Bonchev–Trinajstić information content (AvgIpc) is 1.53. The molecular formula is C119H92N8O2. The van der Waals surface area contributed by atoms with E-state index < -0.39 is 5.41 Å². The van der Waals surface area contributed by atoms with Crippen LogP contribution in [-0.4, -0.2) is 20.4 Å². The van der Waals surface area contributed by atoms with Crippen molar-refractivity contribution in [2.24, 2.45) is 0 Å². The van der Waals surface area contributed by atoms with Crippen LogP contribution in [0, 0.1) is 41.5 Å². The first-order chi connectivity index (χ1) is 63.3. The van der Waals surface area contributed by atoms with E-state index in [0.29, 0.717) is 23.6 Å². The Morgan fingerprint density at radius 2 is 0.411 bits per heavy atom. The fourth-order valence-electron chi connectivity index (χ4n) is 18.0. The Labute approximate surface area is 754 Å². The average molecular weight is 1670 g/mol. The van der Waals surface area contributed by atoms with Crippen molar-refractivity contribution >= 4 is 68.2 Å². The largest absolute Gasteiger partial charge is 0.421 e. The molecule has 20 aromatic rings. The van der Waals surface area contributed by atoms with Crippen molar-refractivity contribution in [1.29, 1.82) is 0 Å². The first-order valence-electron chi connectivity index (χ1n) is 43.8. The first kappa shape index (κ1) is 80.8. The number of anilines is 12. The third-order valence-electron chi connectivity index (χ3n) is 24.3. The monoisotopic (exact) mass is 1660 g/mol. The highest BCUT2D eigenvalue weighted by Crippen LogP contribution is 2.58. The van der Waals surface area contributed by atoms with Gasteiger partial charge in [0.15, 0.2) is 0 Å². The normalized spacial score (nSPS) is 11.7. The van der Waals surface area contributed by atoms with E-state index in [1.807, 2.05) is 6.92 Å². The number of para-hydroxylation sites is 2. The molecule has 0 bridgehead atoms. The molecule has 10 nitrogen and oxygen atoms in total. The molecule has 1 aliphatic carbocycles. The number of aromatic nitrogens is 4. The van der Waals surface area contributed by atoms with Crippen molar-refractivity contribution in [2.75, 3.05) is 19.6 Å². The maximum absolute atomic E-state index is 6.55. The lowest BCUT2D eigenvalue weighted by Crippen LogP contribution is -2.28. The minimum Gasteiger partial charge on any atom is -0.421 e. The van der Waals surface area contributed by atoms with Gasteiger partial charge in [0.25, 0.3) is 0 Å². The fraction of sp³-hybridized carbons (Fsp3) is 0.0588. The number of rotatable bonds is 21. The van der Waals surface area contributed by atoms with Gasteiger partial charge in [-0.05, 0) is 317 Å². The summed E-state index contributed by atoms with van der Waals surface area (Å²) in [5, 5.41) is 17.8. The summed E-state index contributed by atoms with van der Waals surface area (Å²) in [4.78, 5) is 9.26. The highest BCUT2D eigenvalue weighted by atomic mass is 16.4. The molecular weight excluding hydrogens is 1570 g/mol. The van der Waals surface area contributed by atoms with E-state index >= 15 is 0 Å². The Hall–Kier alpha value is -16.6. The second kappa shape index (κ2) is 35.6. The first-order valence-corrected chi connectivity index (χ1v) is 43.8. The van der Waals surface area contributed by atoms with Gasteiger partial charge in [0.1, 0.15) is 0 Å². The van der Waals surface area contributed by atoms with Crippen LogP contribution in [0.3, 0.4) is 0 Å². The topological polar surface area (TPSA) is 90.8 Å². The van der Waals surface area contributed by atoms with Gasteiger partial charge in [-0.25, -0.2) is 0 Å². The molecule has 620 valence electrons. The molecule has 0 aliphatic heterocycles. The molecule has 2 aromatic heterocycles. The molecule has 2 heterocycles. The Balaban J connectivity index is 0.000000188. The maximum Gasteiger partial charge on any atom is 0.248 e. The lowest BCUT2D eigenvalue weighted by molar-refractivity contribution is 0.532. The molecule has 129 heavy (non-hydrogen) atoms. The Morgan fingerprint density at radius 3 is 0.698 bits per heavy atom. The second-order valence-electron chi connectivity index (χ2n) is 33.1. The zero-order valence-corrected chi connectivity index (χ0v) is 72.6. The van der Waals surface area contributed by atoms with Crippen LogP contribution in [0.2, 0.25) is 0 Å². The summed E-state index contributed by atoms with van der Waals surface area (Å²) < 4.78 is 12.5. The van der Waals surface area contributed by atoms with Crippen LogP contribution in [-0.2, 0) is 5.41 Å². The summed E-state index contributed by atoms with van der Waals surface area (Å²) in [6.45, 7) is 12.5. The summed E-state index contributed by atoms with van der Waals surface area (Å²) in [7, 11) is 0. The number of hydrogen-bond acceptors (Lipinski definition) is 10. The number of benzene rings is 18. The summed E-state index contributed by atoms with van der Waals surface area (Å²) in [6, 6.07) is 160. The van der Waals surface area contributed by atoms with Gasteiger partial charge in [0, 0.05) is 91.9 Å². The highest BCUT2D eigenvalue weighted by molar-refractivity contribution is 5.91. The molecule has 0 spiro atoms. The Morgan fingerprint density at radius 1 is 0.178 bits per heavy atom. The molecule has 0 saturated heterocycles. The van der Waals surface area contributed by atoms with Gasteiger partial charge in [0.2, 0.25) is 23.6 Å². The fourth-order valence-corrected chi connectivity index (χ4v) is 18.0. The Bertz CT molecular complexity index is 7270. The van der Waals surface area contributed by atoms with E-state index in [1.54, 1.807) is 0 Å². The quantitative estimate of drug-likeness (QED) is 0.0693. The van der Waals surface area contributed by atoms with Crippen molar-refractivity contribution in [3.63, 3.8) is 0 Å². The number of aryl methyl sites for hydroxylation is 6. The molecule has 0 unspecified atom stereocenters. The smallest absolute Gasteiger partial charge is 0.248 e. The second-order valence-corrected chi connectivity index (χ2v) is 33.1. The predicted octanol–water partition coefficient (Wildman–Crippen LogP) is 31.9. The van der Waals surface area contributed by atoms with Gasteiger partial charge >= 0.3 is 0 Å².